The number of nitrogens with zero attached hydrogens (tertiary/aromatic N) is 1. The van der Waals surface area contributed by atoms with Gasteiger partial charge in [0, 0.05) is 45.0 Å². The third-order valence-electron chi connectivity index (χ3n) is 8.46. The number of aliphatic carboxylic acids is 1. The molecule has 0 aromatic heterocycles. The first-order valence-corrected chi connectivity index (χ1v) is 22.2. The average Bonchev–Trinajstić information content (AvgIpc) is 3.62. The molecule has 66 heavy (non-hydrogen) atoms. The molecule has 3 rings (SSSR count). The SMILES string of the molecule is CC.CC(=O)OCc1ccc(OC2CC(O)CC(C(=O)O)O2)c(NC(=O)CCOCCOCCOCCOCCOCCOCCOCCOCCNC=O)c1.CCCN1C(=O)C=CC1=O. The van der Waals surface area contributed by atoms with Gasteiger partial charge in [-0.3, -0.25) is 28.9 Å². The number of hydrogen-bond acceptors (Lipinski definition) is 18. The van der Waals surface area contributed by atoms with Crippen molar-refractivity contribution in [1.29, 1.82) is 0 Å². The van der Waals surface area contributed by atoms with E-state index in [9.17, 15) is 39.0 Å². The topological polar surface area (TPSA) is 272 Å². The molecule has 1 saturated heterocycles. The summed E-state index contributed by atoms with van der Waals surface area (Å²) in [5.41, 5.74) is 0.832. The molecule has 2 aliphatic heterocycles. The number of rotatable bonds is 36. The molecule has 0 bridgehead atoms. The maximum Gasteiger partial charge on any atom is 0.333 e. The summed E-state index contributed by atoms with van der Waals surface area (Å²) in [6, 6.07) is 4.73. The Morgan fingerprint density at radius 3 is 1.70 bits per heavy atom. The molecule has 1 fully saturated rings. The molecule has 4 amide bonds. The molecule has 0 saturated carbocycles. The number of carbonyl (C=O) groups excluding carboxylic acids is 5. The van der Waals surface area contributed by atoms with Crippen LogP contribution in [0.2, 0.25) is 0 Å². The van der Waals surface area contributed by atoms with E-state index in [0.29, 0.717) is 118 Å². The first-order valence-electron chi connectivity index (χ1n) is 22.2. The summed E-state index contributed by atoms with van der Waals surface area (Å²) in [5.74, 6) is -2.26. The molecule has 1 aromatic rings. The van der Waals surface area contributed by atoms with Crippen LogP contribution in [-0.4, -0.2) is 188 Å². The minimum absolute atomic E-state index is 0.0204. The molecule has 0 spiro atoms. The van der Waals surface area contributed by atoms with Gasteiger partial charge in [0.1, 0.15) is 12.4 Å². The fourth-order valence-electron chi connectivity index (χ4n) is 5.37. The van der Waals surface area contributed by atoms with E-state index in [0.717, 1.165) is 6.42 Å². The van der Waals surface area contributed by atoms with Gasteiger partial charge in [0.25, 0.3) is 11.8 Å². The Labute approximate surface area is 386 Å². The molecule has 2 heterocycles. The summed E-state index contributed by atoms with van der Waals surface area (Å²) in [5, 5.41) is 24.6. The zero-order chi connectivity index (χ0) is 48.6. The molecule has 1 aromatic carbocycles. The van der Waals surface area contributed by atoms with E-state index in [1.807, 2.05) is 20.8 Å². The van der Waals surface area contributed by atoms with Gasteiger partial charge in [-0.25, -0.2) is 4.79 Å². The minimum atomic E-state index is -1.23. The van der Waals surface area contributed by atoms with E-state index >= 15 is 0 Å². The van der Waals surface area contributed by atoms with Gasteiger partial charge in [0.15, 0.2) is 6.10 Å². The number of carbonyl (C=O) groups is 6. The number of benzene rings is 1. The number of imide groups is 1. The number of carboxylic acid groups (broad SMARTS) is 1. The lowest BCUT2D eigenvalue weighted by Gasteiger charge is -2.31. The number of anilines is 1. The quantitative estimate of drug-likeness (QED) is 0.0322. The number of aliphatic hydroxyl groups excluding tert-OH is 1. The lowest BCUT2D eigenvalue weighted by atomic mass is 10.1. The molecular formula is C44H71N3O19. The Kier molecular flexibility index (Phi) is 35.6. The van der Waals surface area contributed by atoms with Gasteiger partial charge in [-0.1, -0.05) is 26.8 Å². The van der Waals surface area contributed by atoms with Crippen LogP contribution < -0.4 is 15.4 Å². The second-order valence-electron chi connectivity index (χ2n) is 13.7. The van der Waals surface area contributed by atoms with Crippen LogP contribution in [0.1, 0.15) is 58.9 Å². The van der Waals surface area contributed by atoms with E-state index in [2.05, 4.69) is 10.6 Å². The normalized spacial score (nSPS) is 16.4. The van der Waals surface area contributed by atoms with Crippen molar-refractivity contribution in [2.45, 2.75) is 78.5 Å². The fraction of sp³-hybridized carbons (Fsp3) is 0.682. The zero-order valence-electron chi connectivity index (χ0n) is 38.7. The Morgan fingerprint density at radius 2 is 1.24 bits per heavy atom. The molecular weight excluding hydrogens is 874 g/mol. The number of esters is 1. The van der Waals surface area contributed by atoms with E-state index in [-0.39, 0.29) is 68.2 Å². The van der Waals surface area contributed by atoms with E-state index < -0.39 is 30.4 Å². The van der Waals surface area contributed by atoms with Crippen molar-refractivity contribution in [3.63, 3.8) is 0 Å². The smallest absolute Gasteiger partial charge is 0.333 e. The summed E-state index contributed by atoms with van der Waals surface area (Å²) in [6.07, 6.45) is 0.828. The standard InChI is InChI=1S/C35H56N2O17.C7H9NO2.C2H6/c1-27(39)52-25-28-2-3-31(53-34-24-29(40)23-32(54-34)35(42)43)30(22-28)37-33(41)4-6-44-8-10-46-12-14-48-16-18-50-20-21-51-19-17-49-15-13-47-11-9-45-7-5-36-26-38;1-2-5-8-6(9)3-4-7(8)10;1-2/h2-3,22,26,29,32,34,40H,4-21,23-25H2,1H3,(H,36,38)(H,37,41)(H,42,43);3-4H,2,5H2,1H3;1-2H3. The van der Waals surface area contributed by atoms with Crippen LogP contribution in [0.4, 0.5) is 5.69 Å². The van der Waals surface area contributed by atoms with Crippen LogP contribution >= 0.6 is 0 Å². The lowest BCUT2D eigenvalue weighted by molar-refractivity contribution is -0.195. The number of carboxylic acids is 1. The van der Waals surface area contributed by atoms with Gasteiger partial charge in [-0.15, -0.1) is 0 Å². The first-order chi connectivity index (χ1) is 32.0. The Morgan fingerprint density at radius 1 is 0.758 bits per heavy atom. The second-order valence-corrected chi connectivity index (χ2v) is 13.7. The highest BCUT2D eigenvalue weighted by Gasteiger charge is 2.34. The number of hydrogen-bond donors (Lipinski definition) is 4. The van der Waals surface area contributed by atoms with Crippen molar-refractivity contribution in [1.82, 2.24) is 10.2 Å². The summed E-state index contributed by atoms with van der Waals surface area (Å²) in [4.78, 5) is 68.3. The Balaban J connectivity index is 0.00000158. The van der Waals surface area contributed by atoms with Crippen LogP contribution in [0.15, 0.2) is 30.4 Å². The van der Waals surface area contributed by atoms with Crippen molar-refractivity contribution < 1.29 is 91.1 Å². The Bertz CT molecular complexity index is 1520. The third-order valence-corrected chi connectivity index (χ3v) is 8.46. The van der Waals surface area contributed by atoms with Crippen molar-refractivity contribution >= 4 is 41.8 Å². The van der Waals surface area contributed by atoms with Crippen molar-refractivity contribution in [3.8, 4) is 5.75 Å². The van der Waals surface area contributed by atoms with E-state index in [4.69, 9.17) is 52.1 Å². The number of amides is 4. The maximum absolute atomic E-state index is 12.7. The lowest BCUT2D eigenvalue weighted by Crippen LogP contribution is -2.42. The van der Waals surface area contributed by atoms with E-state index in [1.165, 1.54) is 30.0 Å². The predicted molar refractivity (Wildman–Crippen MR) is 235 cm³/mol. The molecule has 3 atom stereocenters. The van der Waals surface area contributed by atoms with Crippen LogP contribution in [0.3, 0.4) is 0 Å². The molecule has 4 N–H and O–H groups in total. The highest BCUT2D eigenvalue weighted by atomic mass is 16.7. The summed E-state index contributed by atoms with van der Waals surface area (Å²) < 4.78 is 59.7. The molecule has 22 nitrogen and oxygen atoms in total. The third kappa shape index (κ3) is 29.8. The molecule has 0 radical (unpaired) electrons. The highest BCUT2D eigenvalue weighted by molar-refractivity contribution is 6.12. The summed E-state index contributed by atoms with van der Waals surface area (Å²) >= 11 is 0. The first kappa shape index (κ1) is 59.4. The number of ether oxygens (including phenoxy) is 11. The van der Waals surface area contributed by atoms with Crippen LogP contribution in [0.5, 0.6) is 5.75 Å². The van der Waals surface area contributed by atoms with Crippen LogP contribution in [-0.2, 0) is 82.7 Å². The molecule has 3 unspecified atom stereocenters. The monoisotopic (exact) mass is 945 g/mol. The van der Waals surface area contributed by atoms with E-state index in [1.54, 1.807) is 12.1 Å². The Hall–Kier alpha value is -4.62. The number of nitrogens with one attached hydrogen (secondary N) is 2. The van der Waals surface area contributed by atoms with Gasteiger partial charge >= 0.3 is 11.9 Å². The summed E-state index contributed by atoms with van der Waals surface area (Å²) in [7, 11) is 0. The van der Waals surface area contributed by atoms with Crippen molar-refractivity contribution in [3.05, 3.63) is 35.9 Å². The largest absolute Gasteiger partial charge is 0.479 e. The van der Waals surface area contributed by atoms with Crippen LogP contribution in [0.25, 0.3) is 0 Å². The van der Waals surface area contributed by atoms with Gasteiger partial charge in [-0.2, -0.15) is 0 Å². The predicted octanol–water partition coefficient (Wildman–Crippen LogP) is 1.63. The highest BCUT2D eigenvalue weighted by Crippen LogP contribution is 2.31. The van der Waals surface area contributed by atoms with Gasteiger partial charge in [0.2, 0.25) is 18.6 Å². The minimum Gasteiger partial charge on any atom is -0.479 e. The average molecular weight is 946 g/mol. The van der Waals surface area contributed by atoms with Gasteiger partial charge < -0.3 is 73.0 Å². The van der Waals surface area contributed by atoms with Crippen LogP contribution in [0, 0.1) is 0 Å². The second kappa shape index (κ2) is 39.5. The fourth-order valence-corrected chi connectivity index (χ4v) is 5.37. The molecule has 2 aliphatic rings. The zero-order valence-corrected chi connectivity index (χ0v) is 38.7. The van der Waals surface area contributed by atoms with Gasteiger partial charge in [0.05, 0.1) is 124 Å². The maximum atomic E-state index is 12.7. The van der Waals surface area contributed by atoms with Gasteiger partial charge in [-0.05, 0) is 24.1 Å². The van der Waals surface area contributed by atoms with Crippen molar-refractivity contribution in [2.75, 3.05) is 124 Å². The van der Waals surface area contributed by atoms with Crippen molar-refractivity contribution in [2.24, 2.45) is 0 Å². The molecule has 0 aliphatic carbocycles. The number of aliphatic hydroxyl groups is 1. The molecule has 22 heteroatoms. The molecule has 376 valence electrons. The summed E-state index contributed by atoms with van der Waals surface area (Å²) in [6.45, 7) is 14.6.